The SMILES string of the molecule is Cc1ccc(NC(=O)CC2CCCCC2)cc1O. The average molecular weight is 247 g/mol. The number of rotatable bonds is 3. The van der Waals surface area contributed by atoms with E-state index in [9.17, 15) is 9.90 Å². The summed E-state index contributed by atoms with van der Waals surface area (Å²) in [6, 6.07) is 5.24. The molecule has 0 bridgehead atoms. The second kappa shape index (κ2) is 5.89. The molecule has 2 rings (SSSR count). The van der Waals surface area contributed by atoms with Gasteiger partial charge in [0.25, 0.3) is 0 Å². The van der Waals surface area contributed by atoms with Gasteiger partial charge in [0.2, 0.25) is 5.91 Å². The third-order valence-electron chi connectivity index (χ3n) is 3.69. The van der Waals surface area contributed by atoms with Gasteiger partial charge in [0.1, 0.15) is 5.75 Å². The molecule has 0 saturated heterocycles. The normalized spacial score (nSPS) is 16.5. The van der Waals surface area contributed by atoms with Crippen LogP contribution >= 0.6 is 0 Å². The zero-order valence-corrected chi connectivity index (χ0v) is 10.9. The summed E-state index contributed by atoms with van der Waals surface area (Å²) in [7, 11) is 0. The van der Waals surface area contributed by atoms with Crippen molar-refractivity contribution in [2.75, 3.05) is 5.32 Å². The summed E-state index contributed by atoms with van der Waals surface area (Å²) in [6.45, 7) is 1.84. The second-order valence-corrected chi connectivity index (χ2v) is 5.26. The first kappa shape index (κ1) is 12.9. The van der Waals surface area contributed by atoms with Crippen molar-refractivity contribution in [2.45, 2.75) is 45.4 Å². The second-order valence-electron chi connectivity index (χ2n) is 5.26. The molecular formula is C15H21NO2. The molecule has 2 N–H and O–H groups in total. The Kier molecular flexibility index (Phi) is 4.24. The van der Waals surface area contributed by atoms with Gasteiger partial charge >= 0.3 is 0 Å². The van der Waals surface area contributed by atoms with E-state index in [0.717, 1.165) is 5.56 Å². The monoisotopic (exact) mass is 247 g/mol. The molecule has 1 aromatic carbocycles. The van der Waals surface area contributed by atoms with Gasteiger partial charge < -0.3 is 10.4 Å². The number of amides is 1. The van der Waals surface area contributed by atoms with Crippen LogP contribution < -0.4 is 5.32 Å². The topological polar surface area (TPSA) is 49.3 Å². The fourth-order valence-electron chi connectivity index (χ4n) is 2.55. The summed E-state index contributed by atoms with van der Waals surface area (Å²) in [5.74, 6) is 0.827. The number of carbonyl (C=O) groups is 1. The molecule has 1 aliphatic carbocycles. The maximum atomic E-state index is 11.9. The predicted octanol–water partition coefficient (Wildman–Crippen LogP) is 3.61. The first-order valence-electron chi connectivity index (χ1n) is 6.74. The van der Waals surface area contributed by atoms with Crippen molar-refractivity contribution in [1.29, 1.82) is 0 Å². The Morgan fingerprint density at radius 1 is 1.33 bits per heavy atom. The molecule has 18 heavy (non-hydrogen) atoms. The first-order valence-corrected chi connectivity index (χ1v) is 6.74. The minimum Gasteiger partial charge on any atom is -0.508 e. The molecule has 0 aliphatic heterocycles. The molecule has 0 spiro atoms. The van der Waals surface area contributed by atoms with E-state index in [4.69, 9.17) is 0 Å². The van der Waals surface area contributed by atoms with E-state index < -0.39 is 0 Å². The van der Waals surface area contributed by atoms with E-state index in [1.807, 2.05) is 19.1 Å². The van der Waals surface area contributed by atoms with Crippen LogP contribution in [0, 0.1) is 12.8 Å². The molecule has 1 aliphatic rings. The lowest BCUT2D eigenvalue weighted by atomic mass is 9.87. The van der Waals surface area contributed by atoms with Crippen LogP contribution in [0.15, 0.2) is 18.2 Å². The number of hydrogen-bond donors (Lipinski definition) is 2. The van der Waals surface area contributed by atoms with Crippen LogP contribution in [0.2, 0.25) is 0 Å². The van der Waals surface area contributed by atoms with Crippen molar-refractivity contribution in [2.24, 2.45) is 5.92 Å². The number of phenolic OH excluding ortho intramolecular Hbond substituents is 1. The Bertz CT molecular complexity index is 423. The van der Waals surface area contributed by atoms with Crippen LogP contribution in [-0.4, -0.2) is 11.0 Å². The lowest BCUT2D eigenvalue weighted by Gasteiger charge is -2.20. The highest BCUT2D eigenvalue weighted by Crippen LogP contribution is 2.27. The molecule has 1 saturated carbocycles. The van der Waals surface area contributed by atoms with Crippen LogP contribution in [-0.2, 0) is 4.79 Å². The van der Waals surface area contributed by atoms with Crippen molar-refractivity contribution < 1.29 is 9.90 Å². The molecule has 0 radical (unpaired) electrons. The molecule has 1 fully saturated rings. The number of hydrogen-bond acceptors (Lipinski definition) is 2. The highest BCUT2D eigenvalue weighted by atomic mass is 16.3. The van der Waals surface area contributed by atoms with Gasteiger partial charge in [-0.05, 0) is 37.3 Å². The van der Waals surface area contributed by atoms with Gasteiger partial charge in [-0.15, -0.1) is 0 Å². The van der Waals surface area contributed by atoms with Gasteiger partial charge in [0.15, 0.2) is 0 Å². The Morgan fingerprint density at radius 3 is 2.72 bits per heavy atom. The molecule has 98 valence electrons. The molecule has 3 nitrogen and oxygen atoms in total. The molecule has 0 heterocycles. The number of phenols is 1. The van der Waals surface area contributed by atoms with Gasteiger partial charge in [-0.1, -0.05) is 25.3 Å². The van der Waals surface area contributed by atoms with Crippen LogP contribution in [0.1, 0.15) is 44.1 Å². The molecule has 3 heteroatoms. The Labute approximate surface area is 108 Å². The third-order valence-corrected chi connectivity index (χ3v) is 3.69. The van der Waals surface area contributed by atoms with Crippen LogP contribution in [0.25, 0.3) is 0 Å². The number of nitrogens with one attached hydrogen (secondary N) is 1. The lowest BCUT2D eigenvalue weighted by molar-refractivity contribution is -0.117. The first-order chi connectivity index (χ1) is 8.65. The summed E-state index contributed by atoms with van der Waals surface area (Å²) in [5.41, 5.74) is 1.50. The van der Waals surface area contributed by atoms with Crippen molar-refractivity contribution in [1.82, 2.24) is 0 Å². The van der Waals surface area contributed by atoms with Crippen LogP contribution in [0.3, 0.4) is 0 Å². The van der Waals surface area contributed by atoms with Crippen LogP contribution in [0.4, 0.5) is 5.69 Å². The average Bonchev–Trinajstić information content (AvgIpc) is 2.35. The Morgan fingerprint density at radius 2 is 2.06 bits per heavy atom. The van der Waals surface area contributed by atoms with Crippen LogP contribution in [0.5, 0.6) is 5.75 Å². The maximum Gasteiger partial charge on any atom is 0.224 e. The van der Waals surface area contributed by atoms with E-state index in [0.29, 0.717) is 18.0 Å². The zero-order chi connectivity index (χ0) is 13.0. The zero-order valence-electron chi connectivity index (χ0n) is 10.9. The minimum atomic E-state index is 0.0603. The van der Waals surface area contributed by atoms with Gasteiger partial charge in [-0.3, -0.25) is 4.79 Å². The van der Waals surface area contributed by atoms with E-state index in [1.165, 1.54) is 32.1 Å². The molecule has 0 unspecified atom stereocenters. The minimum absolute atomic E-state index is 0.0603. The van der Waals surface area contributed by atoms with Gasteiger partial charge in [-0.2, -0.15) is 0 Å². The predicted molar refractivity (Wildman–Crippen MR) is 72.7 cm³/mol. The lowest BCUT2D eigenvalue weighted by Crippen LogP contribution is -2.18. The van der Waals surface area contributed by atoms with E-state index in [-0.39, 0.29) is 11.7 Å². The number of benzene rings is 1. The van der Waals surface area contributed by atoms with Gasteiger partial charge in [0.05, 0.1) is 0 Å². The number of carbonyl (C=O) groups excluding carboxylic acids is 1. The Hall–Kier alpha value is -1.51. The van der Waals surface area contributed by atoms with E-state index >= 15 is 0 Å². The highest BCUT2D eigenvalue weighted by Gasteiger charge is 2.17. The highest BCUT2D eigenvalue weighted by molar-refractivity contribution is 5.91. The maximum absolute atomic E-state index is 11.9. The fourth-order valence-corrected chi connectivity index (χ4v) is 2.55. The molecule has 1 aromatic rings. The molecule has 0 atom stereocenters. The van der Waals surface area contributed by atoms with Crippen molar-refractivity contribution in [3.8, 4) is 5.75 Å². The number of aryl methyl sites for hydroxylation is 1. The van der Waals surface area contributed by atoms with Gasteiger partial charge in [0, 0.05) is 18.2 Å². The smallest absolute Gasteiger partial charge is 0.224 e. The van der Waals surface area contributed by atoms with Gasteiger partial charge in [-0.25, -0.2) is 0 Å². The fraction of sp³-hybridized carbons (Fsp3) is 0.533. The molecule has 1 amide bonds. The summed E-state index contributed by atoms with van der Waals surface area (Å²) >= 11 is 0. The Balaban J connectivity index is 1.88. The number of anilines is 1. The van der Waals surface area contributed by atoms with Crippen molar-refractivity contribution >= 4 is 11.6 Å². The van der Waals surface area contributed by atoms with Crippen molar-refractivity contribution in [3.05, 3.63) is 23.8 Å². The largest absolute Gasteiger partial charge is 0.508 e. The van der Waals surface area contributed by atoms with E-state index in [2.05, 4.69) is 5.32 Å². The summed E-state index contributed by atoms with van der Waals surface area (Å²) in [6.07, 6.45) is 6.77. The summed E-state index contributed by atoms with van der Waals surface area (Å²) < 4.78 is 0. The number of aromatic hydroxyl groups is 1. The summed E-state index contributed by atoms with van der Waals surface area (Å²) in [5, 5.41) is 12.4. The quantitative estimate of drug-likeness (QED) is 0.857. The van der Waals surface area contributed by atoms with E-state index in [1.54, 1.807) is 6.07 Å². The summed E-state index contributed by atoms with van der Waals surface area (Å²) in [4.78, 5) is 11.9. The van der Waals surface area contributed by atoms with Crippen molar-refractivity contribution in [3.63, 3.8) is 0 Å². The third kappa shape index (κ3) is 3.49. The standard InChI is InChI=1S/C15H21NO2/c1-11-7-8-13(10-14(11)17)16-15(18)9-12-5-3-2-4-6-12/h7-8,10,12,17H,2-6,9H2,1H3,(H,16,18). The molecular weight excluding hydrogens is 226 g/mol. The molecule has 0 aromatic heterocycles.